The van der Waals surface area contributed by atoms with E-state index >= 15 is 0 Å². The molecule has 24 heteroatoms. The van der Waals surface area contributed by atoms with Gasteiger partial charge < -0.3 is 50.3 Å². The van der Waals surface area contributed by atoms with E-state index in [0.717, 1.165) is 117 Å². The van der Waals surface area contributed by atoms with Crippen molar-refractivity contribution in [3.05, 3.63) is 148 Å². The highest BCUT2D eigenvalue weighted by atomic mass is 19.2. The number of ketones is 1. The van der Waals surface area contributed by atoms with Crippen molar-refractivity contribution < 1.29 is 94.2 Å². The Balaban J connectivity index is 0.000000378. The summed E-state index contributed by atoms with van der Waals surface area (Å²) in [5.41, 5.74) is 13.8. The van der Waals surface area contributed by atoms with Crippen LogP contribution in [0.15, 0.2) is 97.1 Å². The Labute approximate surface area is 717 Å². The van der Waals surface area contributed by atoms with Gasteiger partial charge >= 0.3 is 42.0 Å². The summed E-state index contributed by atoms with van der Waals surface area (Å²) in [4.78, 5) is 96.8. The van der Waals surface area contributed by atoms with Crippen molar-refractivity contribution in [3.8, 4) is 28.0 Å². The van der Waals surface area contributed by atoms with Gasteiger partial charge in [-0.25, -0.2) is 22.8 Å². The lowest BCUT2D eigenvalue weighted by atomic mass is 9.96. The third kappa shape index (κ3) is 41.3. The zero-order valence-corrected chi connectivity index (χ0v) is 74.1. The molecule has 0 aliphatic heterocycles. The molecule has 0 fully saturated rings. The number of carboxylic acid groups (broad SMARTS) is 2. The van der Waals surface area contributed by atoms with E-state index in [-0.39, 0.29) is 81.5 Å². The number of carboxylic acids is 2. The molecule has 121 heavy (non-hydrogen) atoms. The van der Waals surface area contributed by atoms with Gasteiger partial charge in [-0.1, -0.05) is 258 Å². The number of ether oxygens (including phenoxy) is 5. The summed E-state index contributed by atoms with van der Waals surface area (Å²) in [5.74, 6) is -16.7. The molecule has 6 N–H and O–H groups in total. The Bertz CT molecular complexity index is 3810. The first-order valence-corrected chi connectivity index (χ1v) is 44.5. The van der Waals surface area contributed by atoms with E-state index in [1.54, 1.807) is 0 Å². The topological polar surface area (TPSA) is 276 Å². The van der Waals surface area contributed by atoms with Gasteiger partial charge in [-0.05, 0) is 159 Å². The number of hydrogen-bond donors (Lipinski definition) is 5. The fraction of sp³-hybridized carbons (Fsp3) is 0.608. The van der Waals surface area contributed by atoms with Gasteiger partial charge in [0.2, 0.25) is 34.8 Å². The molecular formula is C97H141F5N4O15. The van der Waals surface area contributed by atoms with Crippen molar-refractivity contribution in [3.63, 3.8) is 0 Å². The number of carbonyl (C=O) groups is 8. The van der Waals surface area contributed by atoms with Crippen LogP contribution < -0.4 is 21.1 Å². The first-order chi connectivity index (χ1) is 57.7. The molecule has 674 valence electrons. The van der Waals surface area contributed by atoms with Crippen molar-refractivity contribution in [2.24, 2.45) is 11.7 Å². The molecule has 0 aromatic heterocycles. The van der Waals surface area contributed by atoms with Crippen LogP contribution in [-0.4, -0.2) is 125 Å². The fourth-order valence-corrected chi connectivity index (χ4v) is 15.1. The summed E-state index contributed by atoms with van der Waals surface area (Å²) < 4.78 is 92.3. The Morgan fingerprint density at radius 2 is 0.686 bits per heavy atom. The smallest absolute Gasteiger partial charge is 0.407 e. The summed E-state index contributed by atoms with van der Waals surface area (Å²) in [7, 11) is 0. The van der Waals surface area contributed by atoms with E-state index in [0.29, 0.717) is 44.2 Å². The molecule has 2 atom stereocenters. The van der Waals surface area contributed by atoms with Crippen molar-refractivity contribution in [2.45, 2.75) is 342 Å². The minimum atomic E-state index is -2.29. The quantitative estimate of drug-likeness (QED) is 0.00460. The number of esters is 3. The molecule has 2 aliphatic carbocycles. The maximum atomic E-state index is 13.5. The first kappa shape index (κ1) is 105. The lowest BCUT2D eigenvalue weighted by Gasteiger charge is -2.28. The normalized spacial score (nSPS) is 12.6. The molecule has 2 amide bonds. The number of nitrogens with zero attached hydrogens (tertiary/aromatic N) is 1. The number of amides is 2. The number of fused-ring (bicyclic) bond motifs is 6. The number of rotatable bonds is 52. The van der Waals surface area contributed by atoms with Gasteiger partial charge in [0.05, 0.1) is 5.92 Å². The number of hydrogen-bond acceptors (Lipinski definition) is 15. The molecule has 19 nitrogen and oxygen atoms in total. The van der Waals surface area contributed by atoms with Crippen LogP contribution in [0.1, 0.15) is 335 Å². The number of unbranched alkanes of at least 4 members (excludes halogenated alkanes) is 26. The molecule has 0 saturated heterocycles. The molecule has 0 spiro atoms. The van der Waals surface area contributed by atoms with Crippen LogP contribution in [0.3, 0.4) is 0 Å². The predicted octanol–water partition coefficient (Wildman–Crippen LogP) is 23.5. The number of nitrogens with two attached hydrogens (primary N) is 1. The van der Waals surface area contributed by atoms with E-state index in [2.05, 4.69) is 91.3 Å². The summed E-state index contributed by atoms with van der Waals surface area (Å²) >= 11 is 0. The van der Waals surface area contributed by atoms with Crippen LogP contribution >= 0.6 is 0 Å². The zero-order valence-electron chi connectivity index (χ0n) is 74.1. The van der Waals surface area contributed by atoms with E-state index in [1.807, 2.05) is 102 Å². The summed E-state index contributed by atoms with van der Waals surface area (Å²) in [6.07, 6.45) is 30.7. The van der Waals surface area contributed by atoms with Gasteiger partial charge in [-0.15, -0.1) is 0 Å². The number of nitrogens with one attached hydrogen (secondary N) is 2. The molecule has 0 radical (unpaired) electrons. The Morgan fingerprint density at radius 1 is 0.405 bits per heavy atom. The molecule has 0 bridgehead atoms. The predicted molar refractivity (Wildman–Crippen MR) is 466 cm³/mol. The van der Waals surface area contributed by atoms with Gasteiger partial charge in [-0.2, -0.15) is 8.78 Å². The maximum absolute atomic E-state index is 13.5. The van der Waals surface area contributed by atoms with Gasteiger partial charge in [0, 0.05) is 69.1 Å². The summed E-state index contributed by atoms with van der Waals surface area (Å²) in [6, 6.07) is 32.8. The number of benzene rings is 5. The maximum Gasteiger partial charge on any atom is 0.407 e. The Kier molecular flexibility index (Phi) is 49.7. The fourth-order valence-electron chi connectivity index (χ4n) is 15.1. The van der Waals surface area contributed by atoms with E-state index in [1.165, 1.54) is 101 Å². The van der Waals surface area contributed by atoms with E-state index in [9.17, 15) is 65.4 Å². The third-order valence-corrected chi connectivity index (χ3v) is 21.3. The lowest BCUT2D eigenvalue weighted by molar-refractivity contribution is -0.156. The minimum Gasteiger partial charge on any atom is -0.481 e. The molecule has 0 saturated carbocycles. The second-order valence-electron chi connectivity index (χ2n) is 34.3. The van der Waals surface area contributed by atoms with Crippen LogP contribution in [0.5, 0.6) is 5.75 Å². The highest BCUT2D eigenvalue weighted by molar-refractivity contribution is 5.84. The summed E-state index contributed by atoms with van der Waals surface area (Å²) in [6.45, 7) is 24.4. The second-order valence-corrected chi connectivity index (χ2v) is 34.3. The van der Waals surface area contributed by atoms with E-state index < -0.39 is 88.1 Å². The molecule has 5 aromatic rings. The minimum absolute atomic E-state index is 0.000531. The number of halogens is 5. The highest BCUT2D eigenvalue weighted by Gasteiger charge is 2.33. The average Bonchev–Trinajstić information content (AvgIpc) is 1.65. The van der Waals surface area contributed by atoms with Gasteiger partial charge in [0.1, 0.15) is 36.2 Å². The van der Waals surface area contributed by atoms with Crippen molar-refractivity contribution >= 4 is 47.8 Å². The number of carbonyl (C=O) groups excluding carboxylic acids is 6. The van der Waals surface area contributed by atoms with Crippen molar-refractivity contribution in [1.82, 2.24) is 15.5 Å². The van der Waals surface area contributed by atoms with Gasteiger partial charge in [0.15, 0.2) is 0 Å². The highest BCUT2D eigenvalue weighted by Crippen LogP contribution is 2.46. The molecule has 5 aromatic carbocycles. The SMILES string of the molecule is CC(C)(C)OC(=O)CCCCCCCCCCCCCCCCC(=O)C[C@@H](CCNC(=O)OCC1c2ccccc2-c2ccccc21)C(=O)O.CC(C)(C)OC(=O)CCCCCCCCCCCCCCCCC(=O)Oc1c(F)c(F)c(F)c(F)c1F.CCN(C(C)C)C(C)C.N[C@@H](CCNC(=O)OCC1c2ccccc2-c2ccccc21)C(=O)O. The third-order valence-electron chi connectivity index (χ3n) is 21.3. The number of alkyl carbamates (subject to hydrolysis) is 2. The average molecular weight is 1700 g/mol. The molecule has 0 heterocycles. The second kappa shape index (κ2) is 57.6. The van der Waals surface area contributed by atoms with Crippen LogP contribution in [0.4, 0.5) is 31.5 Å². The molecule has 7 rings (SSSR count). The van der Waals surface area contributed by atoms with Gasteiger partial charge in [0.25, 0.3) is 0 Å². The van der Waals surface area contributed by atoms with Crippen LogP contribution in [0.2, 0.25) is 0 Å². The number of Topliss-reactive ketones (excluding diaryl/α,β-unsaturated/α-hetero) is 1. The van der Waals surface area contributed by atoms with Gasteiger partial charge in [-0.3, -0.25) is 33.7 Å². The van der Waals surface area contributed by atoms with Crippen molar-refractivity contribution in [2.75, 3.05) is 32.8 Å². The largest absolute Gasteiger partial charge is 0.481 e. The van der Waals surface area contributed by atoms with Crippen LogP contribution in [-0.2, 0) is 47.7 Å². The van der Waals surface area contributed by atoms with E-state index in [4.69, 9.17) is 29.8 Å². The molecular weight excluding hydrogens is 1560 g/mol. The zero-order chi connectivity index (χ0) is 89.3. The Hall–Kier alpha value is -8.77. The molecule has 0 unspecified atom stereocenters. The lowest BCUT2D eigenvalue weighted by Crippen LogP contribution is -2.36. The Morgan fingerprint density at radius 3 is 0.967 bits per heavy atom. The molecule has 2 aliphatic rings. The monoisotopic (exact) mass is 1700 g/mol. The van der Waals surface area contributed by atoms with Crippen molar-refractivity contribution in [1.29, 1.82) is 0 Å². The standard InChI is InChI=1S/C42H61NO7.C28H41F5O4.C19H20N2O4.C8H19N/c1-42(2,3)50-39(45)27-17-15-13-11-9-7-5-4-6-8-10-12-14-16-22-33(44)30-32(40(46)47)28-29-43-41(48)49-31-38-36-25-20-18-23-34(36)35-24-19-21-26-37(35)38;1-28(2,3)37-21(35)19-17-15-13-11-9-7-5-4-6-8-10-12-14-16-18-20(34)36-27-25(32)23(30)22(29)24(31)26(27)33;20-17(18(22)23)9-10-21-19(24)25-11-16-14-7-3-1-5-12(14)13-6-2-4-8-15(13)16;1-6-9(7(2)3)8(4)5/h18-21,23-26,32,38H,4-17,22,27-31H2,1-3H3,(H,43,48)(H,46,47);4-19H2,1-3H3;1-8,16-17H,9-11,20H2,(H,21,24)(H,22,23);7-8H,6H2,1-5H3/t32-;;17-;/m1.0./s1. The van der Waals surface area contributed by atoms with Crippen LogP contribution in [0, 0.1) is 35.0 Å². The number of aliphatic carboxylic acids is 2. The summed E-state index contributed by atoms with van der Waals surface area (Å²) in [5, 5.41) is 23.6. The van der Waals surface area contributed by atoms with Crippen LogP contribution in [0.25, 0.3) is 22.3 Å². The first-order valence-electron chi connectivity index (χ1n) is 44.5.